The summed E-state index contributed by atoms with van der Waals surface area (Å²) in [6.07, 6.45) is -4.44. The molecule has 1 heterocycles. The van der Waals surface area contributed by atoms with Gasteiger partial charge in [-0.1, -0.05) is 36.4 Å². The average molecular weight is 336 g/mol. The number of hydroxylamine groups is 2. The summed E-state index contributed by atoms with van der Waals surface area (Å²) in [5, 5.41) is 1.17. The number of benzene rings is 2. The molecule has 0 bridgehead atoms. The van der Waals surface area contributed by atoms with E-state index in [0.29, 0.717) is 6.54 Å². The lowest BCUT2D eigenvalue weighted by molar-refractivity contribution is -0.137. The van der Waals surface area contributed by atoms with E-state index >= 15 is 0 Å². The molecule has 3 rings (SSSR count). The zero-order chi connectivity index (χ0) is 17.2. The van der Waals surface area contributed by atoms with Gasteiger partial charge in [0.15, 0.2) is 0 Å². The number of anilines is 1. The maximum Gasteiger partial charge on any atom is 0.416 e. The lowest BCUT2D eigenvalue weighted by Gasteiger charge is -2.19. The van der Waals surface area contributed by atoms with Crippen molar-refractivity contribution in [3.05, 3.63) is 65.7 Å². The van der Waals surface area contributed by atoms with Gasteiger partial charge >= 0.3 is 12.2 Å². The molecule has 0 radical (unpaired) electrons. The zero-order valence-corrected chi connectivity index (χ0v) is 12.7. The summed E-state index contributed by atoms with van der Waals surface area (Å²) in [4.78, 5) is 19.1. The number of urea groups is 1. The number of halogens is 3. The highest BCUT2D eigenvalue weighted by Crippen LogP contribution is 2.32. The fraction of sp³-hybridized carbons (Fsp3) is 0.235. The highest BCUT2D eigenvalue weighted by molar-refractivity contribution is 5.93. The molecular formula is C17H15F3N2O2. The molecule has 2 aromatic carbocycles. The summed E-state index contributed by atoms with van der Waals surface area (Å²) in [6, 6.07) is 13.6. The van der Waals surface area contributed by atoms with Crippen molar-refractivity contribution in [2.24, 2.45) is 0 Å². The van der Waals surface area contributed by atoms with Crippen LogP contribution in [-0.2, 0) is 17.6 Å². The SMILES string of the molecule is O=C1N(OCc2ccccc2)CCN1c1cccc(C(F)(F)F)c1. The van der Waals surface area contributed by atoms with Crippen molar-refractivity contribution in [2.75, 3.05) is 18.0 Å². The van der Waals surface area contributed by atoms with Crippen LogP contribution in [0, 0.1) is 0 Å². The van der Waals surface area contributed by atoms with Crippen LogP contribution in [0.15, 0.2) is 54.6 Å². The molecule has 0 N–H and O–H groups in total. The summed E-state index contributed by atoms with van der Waals surface area (Å²) in [5.74, 6) is 0. The molecule has 1 aliphatic heterocycles. The van der Waals surface area contributed by atoms with E-state index in [4.69, 9.17) is 4.84 Å². The van der Waals surface area contributed by atoms with Crippen LogP contribution < -0.4 is 4.90 Å². The summed E-state index contributed by atoms with van der Waals surface area (Å²) < 4.78 is 38.4. The zero-order valence-electron chi connectivity index (χ0n) is 12.7. The number of nitrogens with zero attached hydrogens (tertiary/aromatic N) is 2. The van der Waals surface area contributed by atoms with Crippen LogP contribution in [0.3, 0.4) is 0 Å². The van der Waals surface area contributed by atoms with Gasteiger partial charge in [-0.3, -0.25) is 9.74 Å². The first-order valence-electron chi connectivity index (χ1n) is 7.38. The van der Waals surface area contributed by atoms with Crippen LogP contribution in [0.1, 0.15) is 11.1 Å². The standard InChI is InChI=1S/C17H15F3N2O2/c18-17(19,20)14-7-4-8-15(11-14)21-9-10-22(16(21)23)24-12-13-5-2-1-3-6-13/h1-8,11H,9-10,12H2. The molecule has 1 saturated heterocycles. The van der Waals surface area contributed by atoms with Crippen LogP contribution in [0.4, 0.5) is 23.7 Å². The Labute approximate surface area is 137 Å². The van der Waals surface area contributed by atoms with Crippen molar-refractivity contribution in [2.45, 2.75) is 12.8 Å². The molecular weight excluding hydrogens is 321 g/mol. The molecule has 0 saturated carbocycles. The smallest absolute Gasteiger partial charge is 0.291 e. The third kappa shape index (κ3) is 3.51. The third-order valence-corrected chi connectivity index (χ3v) is 3.69. The Hall–Kier alpha value is -2.54. The van der Waals surface area contributed by atoms with E-state index in [-0.39, 0.29) is 18.8 Å². The monoisotopic (exact) mass is 336 g/mol. The Balaban J connectivity index is 1.68. The van der Waals surface area contributed by atoms with Crippen LogP contribution in [0.5, 0.6) is 0 Å². The molecule has 126 valence electrons. The predicted molar refractivity (Wildman–Crippen MR) is 82.1 cm³/mol. The number of hydrogen-bond acceptors (Lipinski definition) is 2. The molecule has 0 atom stereocenters. The van der Waals surface area contributed by atoms with E-state index in [1.54, 1.807) is 0 Å². The van der Waals surface area contributed by atoms with Crippen molar-refractivity contribution in [1.82, 2.24) is 5.06 Å². The first kappa shape index (κ1) is 16.3. The Morgan fingerprint density at radius 1 is 1.00 bits per heavy atom. The average Bonchev–Trinajstić information content (AvgIpc) is 2.94. The largest absolute Gasteiger partial charge is 0.416 e. The van der Waals surface area contributed by atoms with Crippen molar-refractivity contribution in [3.8, 4) is 0 Å². The Morgan fingerprint density at radius 2 is 1.75 bits per heavy atom. The highest BCUT2D eigenvalue weighted by Gasteiger charge is 2.34. The molecule has 2 aromatic rings. The van der Waals surface area contributed by atoms with Gasteiger partial charge in [-0.25, -0.2) is 9.86 Å². The van der Waals surface area contributed by atoms with E-state index in [0.717, 1.165) is 17.7 Å². The number of hydrogen-bond donors (Lipinski definition) is 0. The minimum Gasteiger partial charge on any atom is -0.291 e. The summed E-state index contributed by atoms with van der Waals surface area (Å²) >= 11 is 0. The minimum absolute atomic E-state index is 0.209. The minimum atomic E-state index is -4.44. The molecule has 0 spiro atoms. The van der Waals surface area contributed by atoms with Gasteiger partial charge in [-0.15, -0.1) is 0 Å². The topological polar surface area (TPSA) is 32.8 Å². The fourth-order valence-electron chi connectivity index (χ4n) is 2.45. The quantitative estimate of drug-likeness (QED) is 0.843. The molecule has 7 heteroatoms. The van der Waals surface area contributed by atoms with Crippen LogP contribution >= 0.6 is 0 Å². The molecule has 4 nitrogen and oxygen atoms in total. The Kier molecular flexibility index (Phi) is 4.44. The van der Waals surface area contributed by atoms with Gasteiger partial charge in [0.25, 0.3) is 0 Å². The second-order valence-corrected chi connectivity index (χ2v) is 5.34. The normalized spacial score (nSPS) is 15.2. The number of carbonyl (C=O) groups is 1. The van der Waals surface area contributed by atoms with Gasteiger partial charge in [0, 0.05) is 12.2 Å². The maximum absolute atomic E-state index is 12.8. The summed E-state index contributed by atoms with van der Waals surface area (Å²) in [5.41, 5.74) is 0.333. The molecule has 1 fully saturated rings. The van der Waals surface area contributed by atoms with E-state index in [1.807, 2.05) is 30.3 Å². The Bertz CT molecular complexity index is 719. The number of amides is 2. The maximum atomic E-state index is 12.8. The molecule has 0 aliphatic carbocycles. The predicted octanol–water partition coefficient (Wildman–Crippen LogP) is 4.08. The number of carbonyl (C=O) groups excluding carboxylic acids is 1. The number of alkyl halides is 3. The van der Waals surface area contributed by atoms with Crippen molar-refractivity contribution < 1.29 is 22.8 Å². The fourth-order valence-corrected chi connectivity index (χ4v) is 2.45. The van der Waals surface area contributed by atoms with E-state index < -0.39 is 17.8 Å². The summed E-state index contributed by atoms with van der Waals surface area (Å²) in [6.45, 7) is 0.792. The van der Waals surface area contributed by atoms with Crippen molar-refractivity contribution >= 4 is 11.7 Å². The lowest BCUT2D eigenvalue weighted by Crippen LogP contribution is -2.32. The van der Waals surface area contributed by atoms with Crippen molar-refractivity contribution in [1.29, 1.82) is 0 Å². The third-order valence-electron chi connectivity index (χ3n) is 3.69. The molecule has 0 aromatic heterocycles. The van der Waals surface area contributed by atoms with E-state index in [2.05, 4.69) is 0 Å². The molecule has 0 unspecified atom stereocenters. The van der Waals surface area contributed by atoms with Gasteiger partial charge in [-0.2, -0.15) is 13.2 Å². The first-order valence-corrected chi connectivity index (χ1v) is 7.38. The summed E-state index contributed by atoms with van der Waals surface area (Å²) in [7, 11) is 0. The second-order valence-electron chi connectivity index (χ2n) is 5.34. The lowest BCUT2D eigenvalue weighted by atomic mass is 10.2. The van der Waals surface area contributed by atoms with Gasteiger partial charge in [-0.05, 0) is 23.8 Å². The van der Waals surface area contributed by atoms with E-state index in [1.165, 1.54) is 22.1 Å². The van der Waals surface area contributed by atoms with E-state index in [9.17, 15) is 18.0 Å². The second kappa shape index (κ2) is 6.52. The van der Waals surface area contributed by atoms with Crippen LogP contribution in [0.2, 0.25) is 0 Å². The number of rotatable bonds is 4. The molecule has 24 heavy (non-hydrogen) atoms. The van der Waals surface area contributed by atoms with Crippen molar-refractivity contribution in [3.63, 3.8) is 0 Å². The Morgan fingerprint density at radius 3 is 2.46 bits per heavy atom. The van der Waals surface area contributed by atoms with Gasteiger partial charge in [0.2, 0.25) is 0 Å². The van der Waals surface area contributed by atoms with Crippen LogP contribution in [0.25, 0.3) is 0 Å². The molecule has 2 amide bonds. The van der Waals surface area contributed by atoms with Gasteiger partial charge in [0.05, 0.1) is 12.1 Å². The molecule has 1 aliphatic rings. The van der Waals surface area contributed by atoms with Gasteiger partial charge in [0.1, 0.15) is 6.61 Å². The van der Waals surface area contributed by atoms with Crippen LogP contribution in [-0.4, -0.2) is 24.2 Å². The van der Waals surface area contributed by atoms with Gasteiger partial charge < -0.3 is 0 Å². The first-order chi connectivity index (χ1) is 11.4. The highest BCUT2D eigenvalue weighted by atomic mass is 19.4.